The average molecular weight is 249 g/mol. The van der Waals surface area contributed by atoms with Crippen LogP contribution in [0.2, 0.25) is 0 Å². The molecule has 0 saturated carbocycles. The van der Waals surface area contributed by atoms with Crippen molar-refractivity contribution in [3.63, 3.8) is 0 Å². The topological polar surface area (TPSA) is 29.9 Å². The standard InChI is InChI=1S/C13H19N3S/c1-8(14-4)11-6-7-12(17-11)13-9(2)15-16(5)10(13)3/h6-8,14H,1-5H3. The maximum Gasteiger partial charge on any atom is 0.0683 e. The second kappa shape index (κ2) is 4.63. The van der Waals surface area contributed by atoms with Gasteiger partial charge in [-0.3, -0.25) is 4.68 Å². The van der Waals surface area contributed by atoms with E-state index >= 15 is 0 Å². The van der Waals surface area contributed by atoms with Gasteiger partial charge in [-0.15, -0.1) is 11.3 Å². The fourth-order valence-corrected chi connectivity index (χ4v) is 3.21. The highest BCUT2D eigenvalue weighted by atomic mass is 32.1. The summed E-state index contributed by atoms with van der Waals surface area (Å²) in [5, 5.41) is 7.74. The zero-order valence-corrected chi connectivity index (χ0v) is 11.9. The summed E-state index contributed by atoms with van der Waals surface area (Å²) in [4.78, 5) is 2.68. The molecule has 0 fully saturated rings. The van der Waals surface area contributed by atoms with E-state index in [4.69, 9.17) is 0 Å². The smallest absolute Gasteiger partial charge is 0.0683 e. The van der Waals surface area contributed by atoms with E-state index in [0.717, 1.165) is 5.69 Å². The van der Waals surface area contributed by atoms with Gasteiger partial charge in [0.2, 0.25) is 0 Å². The zero-order valence-electron chi connectivity index (χ0n) is 11.0. The SMILES string of the molecule is CNC(C)c1ccc(-c2c(C)nn(C)c2C)s1. The molecule has 0 bridgehead atoms. The minimum Gasteiger partial charge on any atom is -0.313 e. The zero-order chi connectivity index (χ0) is 12.6. The Morgan fingerprint density at radius 1 is 1.35 bits per heavy atom. The van der Waals surface area contributed by atoms with E-state index < -0.39 is 0 Å². The van der Waals surface area contributed by atoms with Crippen LogP contribution >= 0.6 is 11.3 Å². The summed E-state index contributed by atoms with van der Waals surface area (Å²) in [6.45, 7) is 6.37. The molecule has 2 aromatic rings. The highest BCUT2D eigenvalue weighted by molar-refractivity contribution is 7.15. The van der Waals surface area contributed by atoms with E-state index in [9.17, 15) is 0 Å². The van der Waals surface area contributed by atoms with Crippen LogP contribution in [0.1, 0.15) is 29.2 Å². The van der Waals surface area contributed by atoms with Crippen LogP contribution in [0.4, 0.5) is 0 Å². The van der Waals surface area contributed by atoms with Crippen molar-refractivity contribution < 1.29 is 0 Å². The molecule has 0 aromatic carbocycles. The molecule has 92 valence electrons. The van der Waals surface area contributed by atoms with Crippen molar-refractivity contribution >= 4 is 11.3 Å². The summed E-state index contributed by atoms with van der Waals surface area (Å²) in [7, 11) is 3.99. The number of aromatic nitrogens is 2. The van der Waals surface area contributed by atoms with Crippen molar-refractivity contribution in [3.8, 4) is 10.4 Å². The summed E-state index contributed by atoms with van der Waals surface area (Å²) in [5.41, 5.74) is 3.62. The summed E-state index contributed by atoms with van der Waals surface area (Å²) in [6.07, 6.45) is 0. The van der Waals surface area contributed by atoms with Gasteiger partial charge in [0.15, 0.2) is 0 Å². The lowest BCUT2D eigenvalue weighted by molar-refractivity contribution is 0.664. The van der Waals surface area contributed by atoms with E-state index in [1.54, 1.807) is 0 Å². The number of hydrogen-bond acceptors (Lipinski definition) is 3. The molecule has 0 amide bonds. The second-order valence-electron chi connectivity index (χ2n) is 4.38. The molecule has 0 spiro atoms. The molecule has 1 unspecified atom stereocenters. The molecule has 4 heteroatoms. The van der Waals surface area contributed by atoms with Crippen molar-refractivity contribution in [2.45, 2.75) is 26.8 Å². The predicted molar refractivity (Wildman–Crippen MR) is 73.5 cm³/mol. The van der Waals surface area contributed by atoms with Crippen LogP contribution in [-0.2, 0) is 7.05 Å². The van der Waals surface area contributed by atoms with Gasteiger partial charge in [-0.25, -0.2) is 0 Å². The van der Waals surface area contributed by atoms with Crippen LogP contribution in [0.15, 0.2) is 12.1 Å². The number of rotatable bonds is 3. The van der Waals surface area contributed by atoms with Gasteiger partial charge in [0, 0.05) is 34.1 Å². The lowest BCUT2D eigenvalue weighted by Gasteiger charge is -2.06. The Kier molecular flexibility index (Phi) is 3.35. The van der Waals surface area contributed by atoms with Gasteiger partial charge in [-0.05, 0) is 40.0 Å². The lowest BCUT2D eigenvalue weighted by Crippen LogP contribution is -2.10. The molecule has 2 rings (SSSR count). The van der Waals surface area contributed by atoms with Gasteiger partial charge in [-0.2, -0.15) is 5.10 Å². The Morgan fingerprint density at radius 2 is 2.06 bits per heavy atom. The predicted octanol–water partition coefficient (Wildman–Crippen LogP) is 3.05. The summed E-state index contributed by atoms with van der Waals surface area (Å²) in [6, 6.07) is 4.81. The van der Waals surface area contributed by atoms with Crippen LogP contribution in [0.25, 0.3) is 10.4 Å². The highest BCUT2D eigenvalue weighted by Gasteiger charge is 2.14. The third-order valence-corrected chi connectivity index (χ3v) is 4.53. The molecule has 0 radical (unpaired) electrons. The normalized spacial score (nSPS) is 13.0. The first kappa shape index (κ1) is 12.3. The monoisotopic (exact) mass is 249 g/mol. The minimum atomic E-state index is 0.408. The van der Waals surface area contributed by atoms with E-state index in [-0.39, 0.29) is 0 Å². The molecular weight excluding hydrogens is 230 g/mol. The summed E-state index contributed by atoms with van der Waals surface area (Å²) >= 11 is 1.84. The van der Waals surface area contributed by atoms with E-state index in [1.807, 2.05) is 30.1 Å². The molecule has 0 aliphatic carbocycles. The summed E-state index contributed by atoms with van der Waals surface area (Å²) in [5.74, 6) is 0. The molecular formula is C13H19N3S. The maximum atomic E-state index is 4.47. The average Bonchev–Trinajstić information content (AvgIpc) is 2.85. The van der Waals surface area contributed by atoms with Crippen LogP contribution < -0.4 is 5.32 Å². The number of thiophene rings is 1. The van der Waals surface area contributed by atoms with E-state index in [2.05, 4.69) is 43.3 Å². The molecule has 0 aliphatic heterocycles. The molecule has 1 atom stereocenters. The Labute approximate surface area is 106 Å². The van der Waals surface area contributed by atoms with Gasteiger partial charge in [0.05, 0.1) is 5.69 Å². The fraction of sp³-hybridized carbons (Fsp3) is 0.462. The first-order valence-electron chi connectivity index (χ1n) is 5.82. The van der Waals surface area contributed by atoms with Crippen molar-refractivity contribution in [3.05, 3.63) is 28.4 Å². The Bertz CT molecular complexity index is 525. The van der Waals surface area contributed by atoms with Crippen molar-refractivity contribution in [1.82, 2.24) is 15.1 Å². The first-order chi connectivity index (χ1) is 8.04. The van der Waals surface area contributed by atoms with Crippen molar-refractivity contribution in [1.29, 1.82) is 0 Å². The van der Waals surface area contributed by atoms with Gasteiger partial charge in [0.25, 0.3) is 0 Å². The molecule has 1 N–H and O–H groups in total. The molecule has 2 heterocycles. The quantitative estimate of drug-likeness (QED) is 0.906. The number of nitrogens with one attached hydrogen (secondary N) is 1. The second-order valence-corrected chi connectivity index (χ2v) is 5.50. The first-order valence-corrected chi connectivity index (χ1v) is 6.63. The minimum absolute atomic E-state index is 0.408. The molecule has 17 heavy (non-hydrogen) atoms. The van der Waals surface area contributed by atoms with E-state index in [1.165, 1.54) is 21.0 Å². The van der Waals surface area contributed by atoms with Crippen LogP contribution in [0.5, 0.6) is 0 Å². The fourth-order valence-electron chi connectivity index (χ4n) is 1.99. The van der Waals surface area contributed by atoms with Gasteiger partial charge in [0.1, 0.15) is 0 Å². The maximum absolute atomic E-state index is 4.47. The third-order valence-electron chi connectivity index (χ3n) is 3.24. The van der Waals surface area contributed by atoms with Crippen LogP contribution in [0, 0.1) is 13.8 Å². The lowest BCUT2D eigenvalue weighted by atomic mass is 10.1. The van der Waals surface area contributed by atoms with Gasteiger partial charge in [-0.1, -0.05) is 0 Å². The highest BCUT2D eigenvalue weighted by Crippen LogP contribution is 2.34. The number of nitrogens with zero attached hydrogens (tertiary/aromatic N) is 2. The molecule has 0 saturated heterocycles. The third kappa shape index (κ3) is 2.15. The summed E-state index contributed by atoms with van der Waals surface area (Å²) < 4.78 is 1.95. The Balaban J connectivity index is 2.43. The van der Waals surface area contributed by atoms with Crippen LogP contribution in [-0.4, -0.2) is 16.8 Å². The van der Waals surface area contributed by atoms with Crippen LogP contribution in [0.3, 0.4) is 0 Å². The number of hydrogen-bond donors (Lipinski definition) is 1. The number of aryl methyl sites for hydroxylation is 2. The van der Waals surface area contributed by atoms with Crippen molar-refractivity contribution in [2.24, 2.45) is 7.05 Å². The molecule has 0 aliphatic rings. The molecule has 2 aromatic heterocycles. The van der Waals surface area contributed by atoms with Gasteiger partial charge >= 0.3 is 0 Å². The molecule has 3 nitrogen and oxygen atoms in total. The van der Waals surface area contributed by atoms with Gasteiger partial charge < -0.3 is 5.32 Å². The Morgan fingerprint density at radius 3 is 2.59 bits per heavy atom. The van der Waals surface area contributed by atoms with E-state index in [0.29, 0.717) is 6.04 Å². The largest absolute Gasteiger partial charge is 0.313 e. The van der Waals surface area contributed by atoms with Crippen molar-refractivity contribution in [2.75, 3.05) is 7.05 Å². The Hall–Kier alpha value is -1.13.